The van der Waals surface area contributed by atoms with Gasteiger partial charge in [0, 0.05) is 36.2 Å². The maximum atomic E-state index is 12.6. The Kier molecular flexibility index (Phi) is 6.07. The van der Waals surface area contributed by atoms with Crippen molar-refractivity contribution in [3.63, 3.8) is 0 Å². The molecule has 0 unspecified atom stereocenters. The van der Waals surface area contributed by atoms with Crippen LogP contribution in [0.3, 0.4) is 0 Å². The van der Waals surface area contributed by atoms with Crippen LogP contribution >= 0.6 is 11.3 Å². The number of nitro groups is 1. The fourth-order valence-corrected chi connectivity index (χ4v) is 5.36. The molecule has 1 aromatic heterocycles. The van der Waals surface area contributed by atoms with Crippen LogP contribution in [-0.2, 0) is 10.0 Å². The Hall–Kier alpha value is -3.15. The molecule has 1 fully saturated rings. The second-order valence-corrected chi connectivity index (χ2v) is 9.69. The average molecular weight is 458 g/mol. The first-order valence-corrected chi connectivity index (χ1v) is 11.8. The molecule has 0 spiro atoms. The van der Waals surface area contributed by atoms with Crippen molar-refractivity contribution < 1.29 is 13.3 Å². The quantitative estimate of drug-likeness (QED) is 0.326. The van der Waals surface area contributed by atoms with E-state index >= 15 is 0 Å². The summed E-state index contributed by atoms with van der Waals surface area (Å²) >= 11 is 1.36. The molecule has 1 N–H and O–H groups in total. The van der Waals surface area contributed by atoms with Gasteiger partial charge in [-0.15, -0.1) is 11.3 Å². The Morgan fingerprint density at radius 2 is 1.77 bits per heavy atom. The SMILES string of the molecule is O=[N+]([O-])c1ccc(C=NNc2nc(-c3ccc(S(=O)(=O)N4CCCC4)cc3)cs2)cc1. The molecule has 0 saturated carbocycles. The maximum Gasteiger partial charge on any atom is 0.269 e. The number of nitrogens with one attached hydrogen (secondary N) is 1. The normalized spacial score (nSPS) is 14.8. The lowest BCUT2D eigenvalue weighted by atomic mass is 10.2. The third-order valence-corrected chi connectivity index (χ3v) is 7.49. The van der Waals surface area contributed by atoms with E-state index in [0.29, 0.717) is 34.4 Å². The monoisotopic (exact) mass is 457 g/mol. The van der Waals surface area contributed by atoms with Crippen LogP contribution in [0.5, 0.6) is 0 Å². The predicted molar refractivity (Wildman–Crippen MR) is 120 cm³/mol. The van der Waals surface area contributed by atoms with E-state index in [1.165, 1.54) is 27.8 Å². The summed E-state index contributed by atoms with van der Waals surface area (Å²) in [5, 5.41) is 17.2. The van der Waals surface area contributed by atoms with Crippen molar-refractivity contribution in [3.8, 4) is 11.3 Å². The highest BCUT2D eigenvalue weighted by Crippen LogP contribution is 2.27. The van der Waals surface area contributed by atoms with Crippen molar-refractivity contribution in [1.82, 2.24) is 9.29 Å². The molecule has 1 saturated heterocycles. The molecule has 0 radical (unpaired) electrons. The molecule has 2 heterocycles. The fourth-order valence-electron chi connectivity index (χ4n) is 3.18. The molecule has 160 valence electrons. The van der Waals surface area contributed by atoms with Crippen LogP contribution in [0, 0.1) is 10.1 Å². The molecular weight excluding hydrogens is 438 g/mol. The third kappa shape index (κ3) is 4.79. The first-order valence-electron chi connectivity index (χ1n) is 9.53. The molecule has 31 heavy (non-hydrogen) atoms. The van der Waals surface area contributed by atoms with E-state index in [1.54, 1.807) is 42.6 Å². The summed E-state index contributed by atoms with van der Waals surface area (Å²) in [5.74, 6) is 0. The van der Waals surface area contributed by atoms with Crippen molar-refractivity contribution in [1.29, 1.82) is 0 Å². The number of sulfonamides is 1. The van der Waals surface area contributed by atoms with E-state index < -0.39 is 14.9 Å². The molecule has 9 nitrogen and oxygen atoms in total. The number of benzene rings is 2. The van der Waals surface area contributed by atoms with Crippen LogP contribution in [0.25, 0.3) is 11.3 Å². The molecule has 1 aliphatic rings. The van der Waals surface area contributed by atoms with Crippen LogP contribution in [-0.4, -0.2) is 41.9 Å². The van der Waals surface area contributed by atoms with E-state index in [2.05, 4.69) is 15.5 Å². The van der Waals surface area contributed by atoms with Gasteiger partial charge in [0.2, 0.25) is 15.2 Å². The number of rotatable bonds is 7. The van der Waals surface area contributed by atoms with Crippen LogP contribution in [0.15, 0.2) is 63.9 Å². The summed E-state index contributed by atoms with van der Waals surface area (Å²) in [6.07, 6.45) is 3.35. The van der Waals surface area contributed by atoms with Gasteiger partial charge < -0.3 is 0 Å². The minimum atomic E-state index is -3.43. The van der Waals surface area contributed by atoms with Crippen molar-refractivity contribution in [2.75, 3.05) is 18.5 Å². The molecular formula is C20H19N5O4S2. The van der Waals surface area contributed by atoms with E-state index in [0.717, 1.165) is 18.4 Å². The first-order chi connectivity index (χ1) is 14.9. The molecule has 3 aromatic rings. The number of thiazole rings is 1. The van der Waals surface area contributed by atoms with Crippen LogP contribution < -0.4 is 5.43 Å². The minimum Gasteiger partial charge on any atom is -0.258 e. The highest BCUT2D eigenvalue weighted by molar-refractivity contribution is 7.89. The van der Waals surface area contributed by atoms with Gasteiger partial charge in [0.15, 0.2) is 0 Å². The number of anilines is 1. The van der Waals surface area contributed by atoms with E-state index in [9.17, 15) is 18.5 Å². The Bertz CT molecular complexity index is 1200. The number of hydrogen-bond donors (Lipinski definition) is 1. The number of nitro benzene ring substituents is 1. The Balaban J connectivity index is 1.41. The number of aromatic nitrogens is 1. The average Bonchev–Trinajstić information content (AvgIpc) is 3.47. The van der Waals surface area contributed by atoms with Crippen molar-refractivity contribution in [2.45, 2.75) is 17.7 Å². The van der Waals surface area contributed by atoms with Crippen molar-refractivity contribution in [3.05, 3.63) is 69.6 Å². The lowest BCUT2D eigenvalue weighted by Gasteiger charge is -2.15. The first kappa shape index (κ1) is 21.1. The third-order valence-electron chi connectivity index (χ3n) is 4.83. The van der Waals surface area contributed by atoms with Gasteiger partial charge in [-0.05, 0) is 42.7 Å². The van der Waals surface area contributed by atoms with Gasteiger partial charge in [0.05, 0.1) is 21.7 Å². The molecule has 4 rings (SSSR count). The van der Waals surface area contributed by atoms with Gasteiger partial charge in [-0.3, -0.25) is 15.5 Å². The maximum absolute atomic E-state index is 12.6. The largest absolute Gasteiger partial charge is 0.269 e. The minimum absolute atomic E-state index is 0.0222. The Morgan fingerprint density at radius 1 is 1.10 bits per heavy atom. The predicted octanol–water partition coefficient (Wildman–Crippen LogP) is 3.95. The molecule has 2 aromatic carbocycles. The number of hydrazone groups is 1. The molecule has 0 bridgehead atoms. The number of hydrogen-bond acceptors (Lipinski definition) is 8. The summed E-state index contributed by atoms with van der Waals surface area (Å²) in [4.78, 5) is 15.0. The van der Waals surface area contributed by atoms with Gasteiger partial charge in [-0.25, -0.2) is 13.4 Å². The topological polar surface area (TPSA) is 118 Å². The second kappa shape index (κ2) is 8.92. The van der Waals surface area contributed by atoms with Crippen LogP contribution in [0.4, 0.5) is 10.8 Å². The second-order valence-electron chi connectivity index (χ2n) is 6.89. The summed E-state index contributed by atoms with van der Waals surface area (Å²) in [7, 11) is -3.43. The molecule has 0 atom stereocenters. The summed E-state index contributed by atoms with van der Waals surface area (Å²) < 4.78 is 26.8. The van der Waals surface area contributed by atoms with E-state index in [-0.39, 0.29) is 5.69 Å². The molecule has 0 amide bonds. The van der Waals surface area contributed by atoms with Gasteiger partial charge in [0.1, 0.15) is 0 Å². The summed E-state index contributed by atoms with van der Waals surface area (Å²) in [5.41, 5.74) is 5.09. The summed E-state index contributed by atoms with van der Waals surface area (Å²) in [6, 6.07) is 12.8. The lowest BCUT2D eigenvalue weighted by Crippen LogP contribution is -2.27. The molecule has 1 aliphatic heterocycles. The van der Waals surface area contributed by atoms with Gasteiger partial charge in [-0.2, -0.15) is 9.41 Å². The number of non-ortho nitro benzene ring substituents is 1. The van der Waals surface area contributed by atoms with E-state index in [1.807, 2.05) is 5.38 Å². The Labute approximate surface area is 183 Å². The summed E-state index contributed by atoms with van der Waals surface area (Å²) in [6.45, 7) is 1.15. The van der Waals surface area contributed by atoms with Gasteiger partial charge in [-0.1, -0.05) is 12.1 Å². The van der Waals surface area contributed by atoms with E-state index in [4.69, 9.17) is 0 Å². The molecule has 11 heteroatoms. The van der Waals surface area contributed by atoms with Crippen LogP contribution in [0.1, 0.15) is 18.4 Å². The van der Waals surface area contributed by atoms with Crippen molar-refractivity contribution in [2.24, 2.45) is 5.10 Å². The lowest BCUT2D eigenvalue weighted by molar-refractivity contribution is -0.384. The zero-order valence-electron chi connectivity index (χ0n) is 16.3. The van der Waals surface area contributed by atoms with Gasteiger partial charge >= 0.3 is 0 Å². The van der Waals surface area contributed by atoms with Crippen LogP contribution in [0.2, 0.25) is 0 Å². The van der Waals surface area contributed by atoms with Gasteiger partial charge in [0.25, 0.3) is 5.69 Å². The smallest absolute Gasteiger partial charge is 0.258 e. The zero-order chi connectivity index (χ0) is 21.8. The Morgan fingerprint density at radius 3 is 2.42 bits per heavy atom. The fraction of sp³-hybridized carbons (Fsp3) is 0.200. The number of nitrogens with zero attached hydrogens (tertiary/aromatic N) is 4. The standard InChI is InChI=1S/C20H19N5O4S2/c26-25(27)17-7-3-15(4-8-17)13-21-23-20-22-19(14-30-20)16-5-9-18(10-6-16)31(28,29)24-11-1-2-12-24/h3-10,13-14H,1-2,11-12H2,(H,22,23). The molecule has 0 aliphatic carbocycles. The van der Waals surface area contributed by atoms with Crippen molar-refractivity contribution >= 4 is 38.4 Å². The highest BCUT2D eigenvalue weighted by atomic mass is 32.2. The highest BCUT2D eigenvalue weighted by Gasteiger charge is 2.27. The zero-order valence-corrected chi connectivity index (χ0v) is 18.0.